The van der Waals surface area contributed by atoms with Gasteiger partial charge in [0.15, 0.2) is 17.3 Å². The summed E-state index contributed by atoms with van der Waals surface area (Å²) in [5.74, 6) is 1.92. The molecule has 4 heterocycles. The zero-order chi connectivity index (χ0) is 21.9. The van der Waals surface area contributed by atoms with Gasteiger partial charge < -0.3 is 15.3 Å². The zero-order valence-corrected chi connectivity index (χ0v) is 17.6. The van der Waals surface area contributed by atoms with Crippen LogP contribution in [0.4, 0.5) is 21.8 Å². The number of nitrogens with zero attached hydrogens (tertiary/aromatic N) is 5. The van der Waals surface area contributed by atoms with Gasteiger partial charge in [-0.05, 0) is 37.0 Å². The van der Waals surface area contributed by atoms with E-state index in [9.17, 15) is 9.50 Å². The van der Waals surface area contributed by atoms with Crippen molar-refractivity contribution in [3.63, 3.8) is 0 Å². The predicted octanol–water partition coefficient (Wildman–Crippen LogP) is 3.91. The second-order valence-electron chi connectivity index (χ2n) is 8.40. The maximum absolute atomic E-state index is 13.7. The summed E-state index contributed by atoms with van der Waals surface area (Å²) in [7, 11) is 0. The van der Waals surface area contributed by atoms with Crippen LogP contribution in [-0.2, 0) is 0 Å². The van der Waals surface area contributed by atoms with Crippen LogP contribution in [0.2, 0.25) is 5.02 Å². The Labute approximate surface area is 187 Å². The fraction of sp³-hybridized carbons (Fsp3) is 0.273. The van der Waals surface area contributed by atoms with E-state index in [1.165, 1.54) is 6.07 Å². The molecule has 6 rings (SSSR count). The standard InChI is InChI=1S/C22H19ClFN7O/c23-16-4-2-1-3-14(16)20-26-17(27-21-15-7-13(24)9-25-19(15)29-30-21)8-18(28-20)31-10-22(32,11-31)12-5-6-12/h1-4,7-9,12,32H,5-6,10-11H2,(H2,25,26,27,28,29,30). The molecular weight excluding hydrogens is 433 g/mol. The molecule has 1 aliphatic heterocycles. The van der Waals surface area contributed by atoms with Crippen molar-refractivity contribution >= 4 is 40.1 Å². The van der Waals surface area contributed by atoms with Crippen LogP contribution < -0.4 is 10.2 Å². The smallest absolute Gasteiger partial charge is 0.165 e. The molecule has 162 valence electrons. The molecule has 4 aromatic rings. The number of fused-ring (bicyclic) bond motifs is 1. The van der Waals surface area contributed by atoms with E-state index in [-0.39, 0.29) is 0 Å². The number of benzene rings is 1. The van der Waals surface area contributed by atoms with Gasteiger partial charge in [0.1, 0.15) is 23.1 Å². The second kappa shape index (κ2) is 7.11. The van der Waals surface area contributed by atoms with Gasteiger partial charge >= 0.3 is 0 Å². The SMILES string of the molecule is OC1(C2CC2)CN(c2cc(Nc3n[nH]c4ncc(F)cc34)nc(-c3ccccc3Cl)n2)C1. The van der Waals surface area contributed by atoms with Crippen molar-refractivity contribution in [2.24, 2.45) is 5.92 Å². The lowest BCUT2D eigenvalue weighted by Crippen LogP contribution is -2.63. The van der Waals surface area contributed by atoms with E-state index in [1.54, 1.807) is 12.1 Å². The third-order valence-electron chi connectivity index (χ3n) is 6.05. The molecule has 1 aromatic carbocycles. The lowest BCUT2D eigenvalue weighted by Gasteiger charge is -2.47. The fourth-order valence-corrected chi connectivity index (χ4v) is 4.39. The molecule has 0 spiro atoms. The van der Waals surface area contributed by atoms with Gasteiger partial charge in [0.05, 0.1) is 29.7 Å². The first-order valence-corrected chi connectivity index (χ1v) is 10.7. The monoisotopic (exact) mass is 451 g/mol. The minimum atomic E-state index is -0.648. The number of halogens is 2. The van der Waals surface area contributed by atoms with Crippen LogP contribution in [0.1, 0.15) is 12.8 Å². The number of nitrogens with one attached hydrogen (secondary N) is 2. The van der Waals surface area contributed by atoms with Gasteiger partial charge in [0.2, 0.25) is 0 Å². The van der Waals surface area contributed by atoms with E-state index in [1.807, 2.05) is 23.1 Å². The number of hydrogen-bond donors (Lipinski definition) is 3. The normalized spacial score (nSPS) is 17.4. The Morgan fingerprint density at radius 1 is 1.19 bits per heavy atom. The molecule has 0 radical (unpaired) electrons. The molecule has 3 N–H and O–H groups in total. The number of pyridine rings is 1. The maximum Gasteiger partial charge on any atom is 0.165 e. The Kier molecular flexibility index (Phi) is 4.31. The molecule has 1 saturated carbocycles. The first-order chi connectivity index (χ1) is 15.5. The van der Waals surface area contributed by atoms with Gasteiger partial charge in [-0.1, -0.05) is 23.7 Å². The summed E-state index contributed by atoms with van der Waals surface area (Å²) in [5, 5.41) is 21.9. The number of H-pyrrole nitrogens is 1. The van der Waals surface area contributed by atoms with Crippen LogP contribution in [0.15, 0.2) is 42.6 Å². The fourth-order valence-electron chi connectivity index (χ4n) is 4.17. The van der Waals surface area contributed by atoms with Crippen LogP contribution in [0.25, 0.3) is 22.4 Å². The van der Waals surface area contributed by atoms with E-state index in [4.69, 9.17) is 16.6 Å². The van der Waals surface area contributed by atoms with Crippen LogP contribution in [-0.4, -0.2) is 48.9 Å². The molecule has 2 fully saturated rings. The van der Waals surface area contributed by atoms with Crippen molar-refractivity contribution in [1.29, 1.82) is 0 Å². The lowest BCUT2D eigenvalue weighted by molar-refractivity contribution is -0.00973. The van der Waals surface area contributed by atoms with Crippen molar-refractivity contribution in [1.82, 2.24) is 25.1 Å². The highest BCUT2D eigenvalue weighted by Crippen LogP contribution is 2.45. The van der Waals surface area contributed by atoms with Crippen molar-refractivity contribution < 1.29 is 9.50 Å². The van der Waals surface area contributed by atoms with Crippen molar-refractivity contribution in [3.8, 4) is 11.4 Å². The van der Waals surface area contributed by atoms with Crippen LogP contribution in [0.3, 0.4) is 0 Å². The third-order valence-corrected chi connectivity index (χ3v) is 6.38. The van der Waals surface area contributed by atoms with Crippen molar-refractivity contribution in [2.45, 2.75) is 18.4 Å². The summed E-state index contributed by atoms with van der Waals surface area (Å²) in [6.07, 6.45) is 3.28. The molecule has 1 saturated heterocycles. The number of rotatable bonds is 5. The average molecular weight is 452 g/mol. The highest BCUT2D eigenvalue weighted by molar-refractivity contribution is 6.33. The van der Waals surface area contributed by atoms with E-state index in [0.717, 1.165) is 19.0 Å². The van der Waals surface area contributed by atoms with E-state index in [2.05, 4.69) is 25.5 Å². The first kappa shape index (κ1) is 19.4. The van der Waals surface area contributed by atoms with Gasteiger partial charge in [-0.25, -0.2) is 19.3 Å². The van der Waals surface area contributed by atoms with Gasteiger partial charge in [-0.2, -0.15) is 5.10 Å². The van der Waals surface area contributed by atoms with Crippen molar-refractivity contribution in [2.75, 3.05) is 23.3 Å². The lowest BCUT2D eigenvalue weighted by atomic mass is 9.89. The molecule has 32 heavy (non-hydrogen) atoms. The first-order valence-electron chi connectivity index (χ1n) is 10.4. The zero-order valence-electron chi connectivity index (χ0n) is 16.9. The Hall–Kier alpha value is -3.30. The third kappa shape index (κ3) is 3.34. The van der Waals surface area contributed by atoms with Crippen molar-refractivity contribution in [3.05, 3.63) is 53.4 Å². The van der Waals surface area contributed by atoms with E-state index < -0.39 is 11.4 Å². The van der Waals surface area contributed by atoms with Gasteiger partial charge in [-0.3, -0.25) is 5.10 Å². The molecule has 2 aliphatic rings. The quantitative estimate of drug-likeness (QED) is 0.422. The molecule has 0 unspecified atom stereocenters. The molecular formula is C22H19ClFN7O. The Morgan fingerprint density at radius 2 is 2.00 bits per heavy atom. The molecule has 3 aromatic heterocycles. The highest BCUT2D eigenvalue weighted by atomic mass is 35.5. The molecule has 10 heteroatoms. The number of aliphatic hydroxyl groups is 1. The second-order valence-corrected chi connectivity index (χ2v) is 8.80. The van der Waals surface area contributed by atoms with Gasteiger partial charge in [-0.15, -0.1) is 0 Å². The van der Waals surface area contributed by atoms with Crippen LogP contribution in [0, 0.1) is 11.7 Å². The number of aromatic amines is 1. The number of hydrogen-bond acceptors (Lipinski definition) is 7. The minimum Gasteiger partial charge on any atom is -0.386 e. The summed E-state index contributed by atoms with van der Waals surface area (Å²) in [6.45, 7) is 1.05. The largest absolute Gasteiger partial charge is 0.386 e. The van der Waals surface area contributed by atoms with E-state index >= 15 is 0 Å². The maximum atomic E-state index is 13.7. The summed E-state index contributed by atoms with van der Waals surface area (Å²) in [5.41, 5.74) is 0.508. The van der Waals surface area contributed by atoms with Gasteiger partial charge in [0.25, 0.3) is 0 Å². The minimum absolute atomic E-state index is 0.374. The topological polar surface area (TPSA) is 103 Å². The average Bonchev–Trinajstić information content (AvgIpc) is 3.55. The molecule has 0 atom stereocenters. The Bertz CT molecular complexity index is 1330. The summed E-state index contributed by atoms with van der Waals surface area (Å²) >= 11 is 6.40. The summed E-state index contributed by atoms with van der Waals surface area (Å²) < 4.78 is 13.7. The number of aromatic nitrogens is 5. The number of anilines is 3. The summed E-state index contributed by atoms with van der Waals surface area (Å²) in [4.78, 5) is 15.4. The van der Waals surface area contributed by atoms with Gasteiger partial charge in [0, 0.05) is 11.6 Å². The number of β-amino-alcohol motifs (C(OH)–C–C–N with tert-alkyl or cyclic N) is 1. The highest BCUT2D eigenvalue weighted by Gasteiger charge is 2.52. The molecule has 0 bridgehead atoms. The van der Waals surface area contributed by atoms with Crippen LogP contribution >= 0.6 is 11.6 Å². The Balaban J connectivity index is 1.39. The predicted molar refractivity (Wildman–Crippen MR) is 119 cm³/mol. The molecule has 8 nitrogen and oxygen atoms in total. The summed E-state index contributed by atoms with van der Waals surface area (Å²) in [6, 6.07) is 10.5. The molecule has 0 amide bonds. The van der Waals surface area contributed by atoms with E-state index in [0.29, 0.717) is 63.9 Å². The van der Waals surface area contributed by atoms with Crippen LogP contribution in [0.5, 0.6) is 0 Å². The molecule has 1 aliphatic carbocycles. The Morgan fingerprint density at radius 3 is 2.78 bits per heavy atom.